The van der Waals surface area contributed by atoms with Gasteiger partial charge in [-0.3, -0.25) is 9.59 Å². The zero-order chi connectivity index (χ0) is 23.4. The van der Waals surface area contributed by atoms with Gasteiger partial charge in [-0.05, 0) is 68.5 Å². The van der Waals surface area contributed by atoms with Crippen molar-refractivity contribution >= 4 is 27.5 Å². The van der Waals surface area contributed by atoms with Gasteiger partial charge in [0, 0.05) is 37.3 Å². The summed E-state index contributed by atoms with van der Waals surface area (Å²) in [7, 11) is -3.55. The molecule has 0 radical (unpaired) electrons. The number of hydrogen-bond donors (Lipinski definition) is 1. The maximum atomic E-state index is 13.1. The molecule has 4 rings (SSSR count). The van der Waals surface area contributed by atoms with Crippen LogP contribution < -0.4 is 5.32 Å². The molecule has 0 saturated carbocycles. The first-order chi connectivity index (χ1) is 15.9. The molecule has 9 heteroatoms. The second kappa shape index (κ2) is 10.1. The van der Waals surface area contributed by atoms with Crippen LogP contribution in [0.15, 0.2) is 52.0 Å². The van der Waals surface area contributed by atoms with Gasteiger partial charge in [0.25, 0.3) is 5.91 Å². The first-order valence-corrected chi connectivity index (χ1v) is 13.1. The molecule has 2 aromatic rings. The van der Waals surface area contributed by atoms with Crippen molar-refractivity contribution < 1.29 is 22.4 Å². The Morgan fingerprint density at radius 3 is 2.39 bits per heavy atom. The van der Waals surface area contributed by atoms with Crippen LogP contribution in [0.25, 0.3) is 0 Å². The van der Waals surface area contributed by atoms with E-state index in [-0.39, 0.29) is 28.7 Å². The molecule has 1 unspecified atom stereocenters. The van der Waals surface area contributed by atoms with Crippen molar-refractivity contribution in [2.45, 2.75) is 56.4 Å². The highest BCUT2D eigenvalue weighted by molar-refractivity contribution is 7.89. The largest absolute Gasteiger partial charge is 0.459 e. The first-order valence-electron chi connectivity index (χ1n) is 11.7. The molecule has 1 aromatic heterocycles. The van der Waals surface area contributed by atoms with Gasteiger partial charge in [-0.2, -0.15) is 4.31 Å². The van der Waals surface area contributed by atoms with E-state index >= 15 is 0 Å². The minimum atomic E-state index is -3.55. The average Bonchev–Trinajstić information content (AvgIpc) is 3.39. The molecule has 178 valence electrons. The lowest BCUT2D eigenvalue weighted by Crippen LogP contribution is -2.43. The van der Waals surface area contributed by atoms with Gasteiger partial charge in [-0.25, -0.2) is 8.42 Å². The number of rotatable bonds is 6. The van der Waals surface area contributed by atoms with Crippen LogP contribution in [0, 0.1) is 5.92 Å². The number of carbonyl (C=O) groups excluding carboxylic acids is 2. The molecule has 1 aromatic carbocycles. The predicted octanol–water partition coefficient (Wildman–Crippen LogP) is 3.72. The number of nitrogens with one attached hydrogen (secondary N) is 1. The Kier molecular flexibility index (Phi) is 7.19. The van der Waals surface area contributed by atoms with E-state index in [0.717, 1.165) is 25.7 Å². The number of piperidine rings is 2. The molecule has 2 saturated heterocycles. The van der Waals surface area contributed by atoms with E-state index in [1.165, 1.54) is 6.26 Å². The maximum absolute atomic E-state index is 13.1. The summed E-state index contributed by atoms with van der Waals surface area (Å²) in [6, 6.07) is 9.79. The monoisotopic (exact) mass is 473 g/mol. The Labute approximate surface area is 195 Å². The normalized spacial score (nSPS) is 20.5. The minimum absolute atomic E-state index is 0.0497. The van der Waals surface area contributed by atoms with Crippen molar-refractivity contribution in [3.8, 4) is 0 Å². The van der Waals surface area contributed by atoms with Gasteiger partial charge in [-0.1, -0.05) is 13.3 Å². The number of sulfonamides is 1. The number of likely N-dealkylation sites (tertiary alicyclic amines) is 1. The zero-order valence-corrected chi connectivity index (χ0v) is 19.7. The van der Waals surface area contributed by atoms with Crippen LogP contribution in [-0.2, 0) is 14.8 Å². The van der Waals surface area contributed by atoms with Gasteiger partial charge in [0.05, 0.1) is 11.2 Å². The summed E-state index contributed by atoms with van der Waals surface area (Å²) in [6.45, 7) is 3.56. The van der Waals surface area contributed by atoms with E-state index in [4.69, 9.17) is 4.42 Å². The first kappa shape index (κ1) is 23.5. The van der Waals surface area contributed by atoms with Gasteiger partial charge in [0.15, 0.2) is 5.76 Å². The molecule has 0 aliphatic carbocycles. The van der Waals surface area contributed by atoms with Crippen LogP contribution in [0.5, 0.6) is 0 Å². The highest BCUT2D eigenvalue weighted by atomic mass is 32.2. The number of nitrogens with zero attached hydrogens (tertiary/aromatic N) is 2. The second-order valence-corrected chi connectivity index (χ2v) is 10.6. The van der Waals surface area contributed by atoms with Crippen molar-refractivity contribution in [2.75, 3.05) is 25.0 Å². The van der Waals surface area contributed by atoms with E-state index in [2.05, 4.69) is 5.32 Å². The topological polar surface area (TPSA) is 99.9 Å². The predicted molar refractivity (Wildman–Crippen MR) is 124 cm³/mol. The lowest BCUT2D eigenvalue weighted by atomic mass is 9.95. The van der Waals surface area contributed by atoms with Crippen molar-refractivity contribution in [3.63, 3.8) is 0 Å². The van der Waals surface area contributed by atoms with Gasteiger partial charge in [0.1, 0.15) is 0 Å². The SMILES string of the molecule is CCC1CCCCN1S(=O)(=O)c1ccc(NC(=O)C2CCN(C(=O)c3ccco3)CC2)cc1. The third-order valence-corrected chi connectivity index (χ3v) is 8.62. The molecule has 3 heterocycles. The summed E-state index contributed by atoms with van der Waals surface area (Å²) in [5.74, 6) is -0.164. The number of amides is 2. The number of furan rings is 1. The molecule has 1 atom stereocenters. The summed E-state index contributed by atoms with van der Waals surface area (Å²) < 4.78 is 33.0. The van der Waals surface area contributed by atoms with E-state index in [0.29, 0.717) is 43.9 Å². The molecule has 8 nitrogen and oxygen atoms in total. The molecular weight excluding hydrogens is 442 g/mol. The fourth-order valence-corrected chi connectivity index (χ4v) is 6.46. The molecule has 0 bridgehead atoms. The average molecular weight is 474 g/mol. The summed E-state index contributed by atoms with van der Waals surface area (Å²) in [6.07, 6.45) is 6.26. The fraction of sp³-hybridized carbons (Fsp3) is 0.500. The van der Waals surface area contributed by atoms with Crippen LogP contribution >= 0.6 is 0 Å². The third kappa shape index (κ3) is 5.14. The lowest BCUT2D eigenvalue weighted by molar-refractivity contribution is -0.121. The Morgan fingerprint density at radius 1 is 1.03 bits per heavy atom. The van der Waals surface area contributed by atoms with Gasteiger partial charge in [0.2, 0.25) is 15.9 Å². The highest BCUT2D eigenvalue weighted by Crippen LogP contribution is 2.28. The molecule has 2 fully saturated rings. The molecule has 2 amide bonds. The molecule has 2 aliphatic heterocycles. The van der Waals surface area contributed by atoms with Crippen LogP contribution in [-0.4, -0.2) is 55.1 Å². The Morgan fingerprint density at radius 2 is 1.76 bits per heavy atom. The Hall–Kier alpha value is -2.65. The molecule has 33 heavy (non-hydrogen) atoms. The molecule has 1 N–H and O–H groups in total. The zero-order valence-electron chi connectivity index (χ0n) is 18.9. The lowest BCUT2D eigenvalue weighted by Gasteiger charge is -2.34. The number of anilines is 1. The smallest absolute Gasteiger partial charge is 0.289 e. The highest BCUT2D eigenvalue weighted by Gasteiger charge is 2.33. The fourth-order valence-electron chi connectivity index (χ4n) is 4.69. The summed E-state index contributed by atoms with van der Waals surface area (Å²) in [5.41, 5.74) is 0.568. The van der Waals surface area contributed by atoms with Crippen molar-refractivity contribution in [1.82, 2.24) is 9.21 Å². The summed E-state index contributed by atoms with van der Waals surface area (Å²) in [4.78, 5) is 27.1. The van der Waals surface area contributed by atoms with E-state index in [1.54, 1.807) is 45.6 Å². The Balaban J connectivity index is 1.33. The van der Waals surface area contributed by atoms with E-state index in [9.17, 15) is 18.0 Å². The second-order valence-electron chi connectivity index (χ2n) is 8.73. The van der Waals surface area contributed by atoms with Crippen molar-refractivity contribution in [3.05, 3.63) is 48.4 Å². The Bertz CT molecular complexity index is 1060. The standard InChI is InChI=1S/C24H31N3O5S/c1-2-20-6-3-4-14-27(20)33(30,31)21-10-8-19(9-11-21)25-23(28)18-12-15-26(16-13-18)24(29)22-7-5-17-32-22/h5,7-11,17-18,20H,2-4,6,12-16H2,1H3,(H,25,28). The van der Waals surface area contributed by atoms with Gasteiger partial charge in [-0.15, -0.1) is 0 Å². The van der Waals surface area contributed by atoms with Crippen LogP contribution in [0.2, 0.25) is 0 Å². The molecular formula is C24H31N3O5S. The van der Waals surface area contributed by atoms with Crippen LogP contribution in [0.4, 0.5) is 5.69 Å². The van der Waals surface area contributed by atoms with Crippen LogP contribution in [0.1, 0.15) is 56.0 Å². The van der Waals surface area contributed by atoms with Crippen molar-refractivity contribution in [1.29, 1.82) is 0 Å². The number of benzene rings is 1. The summed E-state index contributed by atoms with van der Waals surface area (Å²) >= 11 is 0. The van der Waals surface area contributed by atoms with E-state index in [1.807, 2.05) is 6.92 Å². The molecule has 0 spiro atoms. The quantitative estimate of drug-likeness (QED) is 0.689. The van der Waals surface area contributed by atoms with E-state index < -0.39 is 10.0 Å². The van der Waals surface area contributed by atoms with Crippen LogP contribution in [0.3, 0.4) is 0 Å². The van der Waals surface area contributed by atoms with Gasteiger partial charge >= 0.3 is 0 Å². The number of hydrogen-bond acceptors (Lipinski definition) is 5. The maximum Gasteiger partial charge on any atom is 0.289 e. The van der Waals surface area contributed by atoms with Gasteiger partial charge < -0.3 is 14.6 Å². The minimum Gasteiger partial charge on any atom is -0.459 e. The summed E-state index contributed by atoms with van der Waals surface area (Å²) in [5, 5.41) is 2.89. The molecule has 2 aliphatic rings. The number of carbonyl (C=O) groups is 2. The van der Waals surface area contributed by atoms with Crippen molar-refractivity contribution in [2.24, 2.45) is 5.92 Å². The third-order valence-electron chi connectivity index (χ3n) is 6.66.